The quantitative estimate of drug-likeness (QED) is 0.835. The van der Waals surface area contributed by atoms with Crippen molar-refractivity contribution in [2.45, 2.75) is 13.8 Å². The predicted octanol–water partition coefficient (Wildman–Crippen LogP) is 3.47. The Hall–Kier alpha value is -1.35. The highest BCUT2D eigenvalue weighted by molar-refractivity contribution is 7.14. The van der Waals surface area contributed by atoms with Crippen LogP contribution in [0.3, 0.4) is 0 Å². The van der Waals surface area contributed by atoms with Crippen LogP contribution in [0, 0.1) is 13.8 Å². The number of thiazole rings is 1. The fourth-order valence-electron chi connectivity index (χ4n) is 1.42. The van der Waals surface area contributed by atoms with Crippen molar-refractivity contribution in [2.24, 2.45) is 0 Å². The molecule has 0 saturated carbocycles. The van der Waals surface area contributed by atoms with Gasteiger partial charge in [0.1, 0.15) is 0 Å². The van der Waals surface area contributed by atoms with Crippen molar-refractivity contribution >= 4 is 16.5 Å². The van der Waals surface area contributed by atoms with Gasteiger partial charge in [-0.25, -0.2) is 4.98 Å². The minimum absolute atomic E-state index is 0.961. The SMILES string of the molecule is CNc1nc(-c2ccc(C)c(C)c2)cs1. The highest BCUT2D eigenvalue weighted by Crippen LogP contribution is 2.25. The fraction of sp³-hybridized carbons (Fsp3) is 0.250. The van der Waals surface area contributed by atoms with Crippen LogP contribution >= 0.6 is 11.3 Å². The van der Waals surface area contributed by atoms with E-state index in [2.05, 4.69) is 47.7 Å². The van der Waals surface area contributed by atoms with Gasteiger partial charge < -0.3 is 5.32 Å². The summed E-state index contributed by atoms with van der Waals surface area (Å²) in [5, 5.41) is 6.09. The van der Waals surface area contributed by atoms with Crippen LogP contribution in [0.1, 0.15) is 11.1 Å². The van der Waals surface area contributed by atoms with Gasteiger partial charge in [0.2, 0.25) is 0 Å². The van der Waals surface area contributed by atoms with Crippen molar-refractivity contribution in [3.05, 3.63) is 34.7 Å². The number of hydrogen-bond acceptors (Lipinski definition) is 3. The van der Waals surface area contributed by atoms with Crippen LogP contribution in [0.2, 0.25) is 0 Å². The Morgan fingerprint density at radius 3 is 2.60 bits per heavy atom. The molecule has 1 N–H and O–H groups in total. The van der Waals surface area contributed by atoms with Gasteiger partial charge in [0.05, 0.1) is 5.69 Å². The summed E-state index contributed by atoms with van der Waals surface area (Å²) in [7, 11) is 1.89. The summed E-state index contributed by atoms with van der Waals surface area (Å²) in [6, 6.07) is 6.45. The molecule has 0 fully saturated rings. The first-order valence-corrected chi connectivity index (χ1v) is 5.79. The second kappa shape index (κ2) is 4.03. The zero-order valence-corrected chi connectivity index (χ0v) is 9.98. The molecule has 78 valence electrons. The van der Waals surface area contributed by atoms with Gasteiger partial charge in [0, 0.05) is 18.0 Å². The minimum atomic E-state index is 0.961. The van der Waals surface area contributed by atoms with Crippen LogP contribution in [0.15, 0.2) is 23.6 Å². The van der Waals surface area contributed by atoms with Gasteiger partial charge in [-0.1, -0.05) is 12.1 Å². The first kappa shape index (κ1) is 10.2. The summed E-state index contributed by atoms with van der Waals surface area (Å²) in [5.41, 5.74) is 4.87. The minimum Gasteiger partial charge on any atom is -0.365 e. The molecule has 1 heterocycles. The van der Waals surface area contributed by atoms with Gasteiger partial charge >= 0.3 is 0 Å². The lowest BCUT2D eigenvalue weighted by molar-refractivity contribution is 1.32. The fourth-order valence-corrected chi connectivity index (χ4v) is 2.10. The molecule has 2 rings (SSSR count). The molecule has 0 unspecified atom stereocenters. The lowest BCUT2D eigenvalue weighted by atomic mass is 10.1. The summed E-state index contributed by atoms with van der Waals surface area (Å²) in [6.07, 6.45) is 0. The number of hydrogen-bond donors (Lipinski definition) is 1. The van der Waals surface area contributed by atoms with Gasteiger partial charge in [-0.2, -0.15) is 0 Å². The average molecular weight is 218 g/mol. The second-order valence-electron chi connectivity index (χ2n) is 3.59. The molecule has 0 radical (unpaired) electrons. The molecular formula is C12H14N2S. The monoisotopic (exact) mass is 218 g/mol. The standard InChI is InChI=1S/C12H14N2S/c1-8-4-5-10(6-9(8)2)11-7-15-12(13-3)14-11/h4-7H,1-3H3,(H,13,14). The van der Waals surface area contributed by atoms with Gasteiger partial charge in [-0.3, -0.25) is 0 Å². The van der Waals surface area contributed by atoms with Crippen LogP contribution in [-0.4, -0.2) is 12.0 Å². The number of aryl methyl sites for hydroxylation is 2. The molecule has 2 aromatic rings. The zero-order valence-electron chi connectivity index (χ0n) is 9.16. The van der Waals surface area contributed by atoms with Gasteiger partial charge in [0.25, 0.3) is 0 Å². The molecule has 0 amide bonds. The van der Waals surface area contributed by atoms with E-state index in [0.29, 0.717) is 0 Å². The lowest BCUT2D eigenvalue weighted by Crippen LogP contribution is -1.87. The number of benzene rings is 1. The largest absolute Gasteiger partial charge is 0.365 e. The number of rotatable bonds is 2. The molecule has 1 aromatic carbocycles. The molecule has 0 bridgehead atoms. The number of nitrogens with zero attached hydrogens (tertiary/aromatic N) is 1. The van der Waals surface area contributed by atoms with Crippen LogP contribution in [-0.2, 0) is 0 Å². The van der Waals surface area contributed by atoms with E-state index < -0.39 is 0 Å². The molecule has 3 heteroatoms. The van der Waals surface area contributed by atoms with Crippen LogP contribution in [0.4, 0.5) is 5.13 Å². The van der Waals surface area contributed by atoms with Crippen LogP contribution < -0.4 is 5.32 Å². The topological polar surface area (TPSA) is 24.9 Å². The third-order valence-corrected chi connectivity index (χ3v) is 3.38. The Morgan fingerprint density at radius 2 is 2.00 bits per heavy atom. The van der Waals surface area contributed by atoms with Crippen molar-refractivity contribution in [3.63, 3.8) is 0 Å². The van der Waals surface area contributed by atoms with E-state index in [-0.39, 0.29) is 0 Å². The summed E-state index contributed by atoms with van der Waals surface area (Å²) in [4.78, 5) is 4.48. The van der Waals surface area contributed by atoms with Crippen molar-refractivity contribution in [3.8, 4) is 11.3 Å². The summed E-state index contributed by atoms with van der Waals surface area (Å²) in [6.45, 7) is 4.25. The van der Waals surface area contributed by atoms with E-state index in [9.17, 15) is 0 Å². The van der Waals surface area contributed by atoms with Crippen LogP contribution in [0.25, 0.3) is 11.3 Å². The normalized spacial score (nSPS) is 10.3. The maximum absolute atomic E-state index is 4.48. The number of nitrogens with one attached hydrogen (secondary N) is 1. The first-order valence-electron chi connectivity index (χ1n) is 4.91. The molecule has 0 aliphatic rings. The Kier molecular flexibility index (Phi) is 2.73. The Balaban J connectivity index is 2.40. The lowest BCUT2D eigenvalue weighted by Gasteiger charge is -2.02. The van der Waals surface area contributed by atoms with Crippen molar-refractivity contribution in [2.75, 3.05) is 12.4 Å². The highest BCUT2D eigenvalue weighted by atomic mass is 32.1. The Bertz CT molecular complexity index is 474. The van der Waals surface area contributed by atoms with Crippen LogP contribution in [0.5, 0.6) is 0 Å². The Labute approximate surface area is 94.0 Å². The van der Waals surface area contributed by atoms with Gasteiger partial charge in [0.15, 0.2) is 5.13 Å². The van der Waals surface area contributed by atoms with Crippen molar-refractivity contribution in [1.29, 1.82) is 0 Å². The van der Waals surface area contributed by atoms with E-state index >= 15 is 0 Å². The van der Waals surface area contributed by atoms with E-state index in [0.717, 1.165) is 10.8 Å². The van der Waals surface area contributed by atoms with Gasteiger partial charge in [-0.15, -0.1) is 11.3 Å². The molecule has 2 nitrogen and oxygen atoms in total. The smallest absolute Gasteiger partial charge is 0.182 e. The average Bonchev–Trinajstić information content (AvgIpc) is 2.70. The maximum atomic E-state index is 4.48. The molecular weight excluding hydrogens is 204 g/mol. The number of aromatic nitrogens is 1. The van der Waals surface area contributed by atoms with E-state index in [4.69, 9.17) is 0 Å². The molecule has 0 atom stereocenters. The molecule has 1 aromatic heterocycles. The van der Waals surface area contributed by atoms with Crippen molar-refractivity contribution in [1.82, 2.24) is 4.98 Å². The molecule has 0 aliphatic carbocycles. The second-order valence-corrected chi connectivity index (χ2v) is 4.45. The molecule has 0 saturated heterocycles. The maximum Gasteiger partial charge on any atom is 0.182 e. The third kappa shape index (κ3) is 2.02. The first-order chi connectivity index (χ1) is 7.20. The molecule has 0 spiro atoms. The molecule has 15 heavy (non-hydrogen) atoms. The Morgan fingerprint density at radius 1 is 1.20 bits per heavy atom. The number of anilines is 1. The summed E-state index contributed by atoms with van der Waals surface area (Å²) in [5.74, 6) is 0. The van der Waals surface area contributed by atoms with E-state index in [1.807, 2.05) is 7.05 Å². The van der Waals surface area contributed by atoms with Crippen molar-refractivity contribution < 1.29 is 0 Å². The zero-order chi connectivity index (χ0) is 10.8. The third-order valence-electron chi connectivity index (χ3n) is 2.52. The molecule has 0 aliphatic heterocycles. The van der Waals surface area contributed by atoms with Gasteiger partial charge in [-0.05, 0) is 31.0 Å². The van der Waals surface area contributed by atoms with E-state index in [1.54, 1.807) is 11.3 Å². The summed E-state index contributed by atoms with van der Waals surface area (Å²) < 4.78 is 0. The summed E-state index contributed by atoms with van der Waals surface area (Å²) >= 11 is 1.63. The highest BCUT2D eigenvalue weighted by Gasteiger charge is 2.04. The van der Waals surface area contributed by atoms with E-state index in [1.165, 1.54) is 16.7 Å². The predicted molar refractivity (Wildman–Crippen MR) is 66.6 cm³/mol.